The summed E-state index contributed by atoms with van der Waals surface area (Å²) in [5.41, 5.74) is 4.24. The van der Waals surface area contributed by atoms with E-state index in [-0.39, 0.29) is 0 Å². The highest BCUT2D eigenvalue weighted by atomic mass is 79.9. The van der Waals surface area contributed by atoms with Gasteiger partial charge in [0.05, 0.1) is 0 Å². The summed E-state index contributed by atoms with van der Waals surface area (Å²) in [4.78, 5) is 1.01. The highest BCUT2D eigenvalue weighted by molar-refractivity contribution is 9.12. The summed E-state index contributed by atoms with van der Waals surface area (Å²) in [5, 5.41) is 0. The third kappa shape index (κ3) is 3.09. The maximum absolute atomic E-state index is 3.69. The zero-order valence-corrected chi connectivity index (χ0v) is 12.0. The number of aryl methyl sites for hydroxylation is 1. The van der Waals surface area contributed by atoms with E-state index in [1.54, 1.807) is 0 Å². The summed E-state index contributed by atoms with van der Waals surface area (Å²) in [7, 11) is 0. The molecule has 14 heavy (non-hydrogen) atoms. The fourth-order valence-electron chi connectivity index (χ4n) is 1.41. The van der Waals surface area contributed by atoms with Crippen LogP contribution in [0.2, 0.25) is 0 Å². The van der Waals surface area contributed by atoms with Gasteiger partial charge in [-0.15, -0.1) is 0 Å². The van der Waals surface area contributed by atoms with Crippen LogP contribution in [0.1, 0.15) is 23.6 Å². The molecule has 0 saturated heterocycles. The van der Waals surface area contributed by atoms with E-state index < -0.39 is 0 Å². The second kappa shape index (κ2) is 5.32. The van der Waals surface area contributed by atoms with Gasteiger partial charge in [-0.1, -0.05) is 57.0 Å². The summed E-state index contributed by atoms with van der Waals surface area (Å²) < 4.78 is 0. The number of rotatable bonds is 3. The van der Waals surface area contributed by atoms with E-state index in [4.69, 9.17) is 0 Å². The molecule has 0 amide bonds. The average molecular weight is 320 g/mol. The molecular weight excluding hydrogens is 304 g/mol. The summed E-state index contributed by atoms with van der Waals surface area (Å²) in [5.74, 6) is 0. The molecule has 2 unspecified atom stereocenters. The van der Waals surface area contributed by atoms with Crippen molar-refractivity contribution < 1.29 is 0 Å². The fourth-order valence-corrected chi connectivity index (χ4v) is 1.94. The molecule has 0 aliphatic carbocycles. The van der Waals surface area contributed by atoms with Crippen LogP contribution < -0.4 is 0 Å². The molecular formula is C12H16Br2. The van der Waals surface area contributed by atoms with Gasteiger partial charge in [-0.05, 0) is 37.0 Å². The first-order valence-corrected chi connectivity index (χ1v) is 6.68. The summed E-state index contributed by atoms with van der Waals surface area (Å²) in [6.07, 6.45) is 1.08. The molecule has 0 bridgehead atoms. The molecule has 2 atom stereocenters. The van der Waals surface area contributed by atoms with Crippen molar-refractivity contribution in [2.45, 2.75) is 36.8 Å². The Bertz CT molecular complexity index is 305. The Labute approximate surface area is 103 Å². The third-order valence-electron chi connectivity index (χ3n) is 2.63. The summed E-state index contributed by atoms with van der Waals surface area (Å²) in [6, 6.07) is 6.52. The monoisotopic (exact) mass is 318 g/mol. The maximum Gasteiger partial charge on any atom is 0.0308 e. The highest BCUT2D eigenvalue weighted by Gasteiger charge is 2.12. The molecule has 1 aromatic carbocycles. The van der Waals surface area contributed by atoms with Crippen molar-refractivity contribution in [3.63, 3.8) is 0 Å². The molecule has 0 fully saturated rings. The summed E-state index contributed by atoms with van der Waals surface area (Å²) >= 11 is 7.28. The number of alkyl halides is 2. The van der Waals surface area contributed by atoms with Crippen molar-refractivity contribution in [2.24, 2.45) is 0 Å². The molecule has 1 aromatic rings. The standard InChI is InChI=1S/C12H16Br2/c1-8-5-4-6-11(9(8)2)7-12(14)10(3)13/h4-6,10,12H,7H2,1-3H3. The van der Waals surface area contributed by atoms with Crippen molar-refractivity contribution in [3.05, 3.63) is 34.9 Å². The molecule has 0 saturated carbocycles. The van der Waals surface area contributed by atoms with Crippen LogP contribution in [0.3, 0.4) is 0 Å². The van der Waals surface area contributed by atoms with Crippen LogP contribution >= 0.6 is 31.9 Å². The molecule has 2 heteroatoms. The maximum atomic E-state index is 3.69. The van der Waals surface area contributed by atoms with Gasteiger partial charge < -0.3 is 0 Å². The van der Waals surface area contributed by atoms with Gasteiger partial charge >= 0.3 is 0 Å². The van der Waals surface area contributed by atoms with Gasteiger partial charge in [0.2, 0.25) is 0 Å². The molecule has 0 heterocycles. The first-order valence-electron chi connectivity index (χ1n) is 4.85. The zero-order chi connectivity index (χ0) is 10.7. The molecule has 0 aromatic heterocycles. The van der Waals surface area contributed by atoms with Gasteiger partial charge in [0.15, 0.2) is 0 Å². The largest absolute Gasteiger partial charge is 0.0881 e. The second-order valence-corrected chi connectivity index (χ2v) is 6.38. The smallest absolute Gasteiger partial charge is 0.0308 e. The number of hydrogen-bond donors (Lipinski definition) is 0. The van der Waals surface area contributed by atoms with Crippen molar-refractivity contribution in [1.82, 2.24) is 0 Å². The lowest BCUT2D eigenvalue weighted by atomic mass is 9.99. The Balaban J connectivity index is 2.82. The van der Waals surface area contributed by atoms with Crippen LogP contribution in [0.15, 0.2) is 18.2 Å². The van der Waals surface area contributed by atoms with Crippen LogP contribution in [0.25, 0.3) is 0 Å². The van der Waals surface area contributed by atoms with E-state index in [1.165, 1.54) is 16.7 Å². The van der Waals surface area contributed by atoms with E-state index in [0.717, 1.165) is 6.42 Å². The van der Waals surface area contributed by atoms with E-state index in [2.05, 4.69) is 70.8 Å². The lowest BCUT2D eigenvalue weighted by Gasteiger charge is -2.15. The van der Waals surface area contributed by atoms with Crippen LogP contribution in [0.4, 0.5) is 0 Å². The van der Waals surface area contributed by atoms with Crippen LogP contribution in [-0.2, 0) is 6.42 Å². The van der Waals surface area contributed by atoms with Crippen LogP contribution in [-0.4, -0.2) is 9.65 Å². The predicted molar refractivity (Wildman–Crippen MR) is 70.7 cm³/mol. The zero-order valence-electron chi connectivity index (χ0n) is 8.85. The summed E-state index contributed by atoms with van der Waals surface area (Å²) in [6.45, 7) is 6.54. The SMILES string of the molecule is Cc1cccc(CC(Br)C(C)Br)c1C. The minimum atomic E-state index is 0.502. The van der Waals surface area contributed by atoms with Gasteiger partial charge in [-0.3, -0.25) is 0 Å². The van der Waals surface area contributed by atoms with Gasteiger partial charge in [0.25, 0.3) is 0 Å². The number of benzene rings is 1. The Morgan fingerprint density at radius 3 is 2.43 bits per heavy atom. The van der Waals surface area contributed by atoms with E-state index in [9.17, 15) is 0 Å². The topological polar surface area (TPSA) is 0 Å². The van der Waals surface area contributed by atoms with Crippen molar-refractivity contribution in [3.8, 4) is 0 Å². The molecule has 78 valence electrons. The first kappa shape index (κ1) is 12.3. The van der Waals surface area contributed by atoms with Gasteiger partial charge in [-0.2, -0.15) is 0 Å². The minimum Gasteiger partial charge on any atom is -0.0881 e. The quantitative estimate of drug-likeness (QED) is 0.725. The minimum absolute atomic E-state index is 0.502. The third-order valence-corrected chi connectivity index (χ3v) is 5.09. The number of halogens is 2. The predicted octanol–water partition coefficient (Wildman–Crippen LogP) is 4.39. The molecule has 0 radical (unpaired) electrons. The van der Waals surface area contributed by atoms with E-state index in [0.29, 0.717) is 9.65 Å². The number of hydrogen-bond acceptors (Lipinski definition) is 0. The Hall–Kier alpha value is 0.180. The molecule has 0 N–H and O–H groups in total. The van der Waals surface area contributed by atoms with Gasteiger partial charge in [0.1, 0.15) is 0 Å². The Morgan fingerprint density at radius 1 is 1.21 bits per heavy atom. The van der Waals surface area contributed by atoms with Gasteiger partial charge in [0, 0.05) is 9.65 Å². The van der Waals surface area contributed by atoms with Crippen molar-refractivity contribution >= 4 is 31.9 Å². The highest BCUT2D eigenvalue weighted by Crippen LogP contribution is 2.22. The molecule has 0 nitrogen and oxygen atoms in total. The second-order valence-electron chi connectivity index (χ2n) is 3.76. The van der Waals surface area contributed by atoms with Crippen molar-refractivity contribution in [1.29, 1.82) is 0 Å². The Morgan fingerprint density at radius 2 is 1.86 bits per heavy atom. The molecule has 0 spiro atoms. The van der Waals surface area contributed by atoms with Crippen LogP contribution in [0, 0.1) is 13.8 Å². The van der Waals surface area contributed by atoms with E-state index >= 15 is 0 Å². The molecule has 1 rings (SSSR count). The average Bonchev–Trinajstić information content (AvgIpc) is 2.12. The fraction of sp³-hybridized carbons (Fsp3) is 0.500. The lowest BCUT2D eigenvalue weighted by molar-refractivity contribution is 0.850. The van der Waals surface area contributed by atoms with Gasteiger partial charge in [-0.25, -0.2) is 0 Å². The molecule has 0 aliphatic rings. The first-order chi connectivity index (χ1) is 6.52. The lowest BCUT2D eigenvalue weighted by Crippen LogP contribution is -2.13. The normalized spacial score (nSPS) is 15.2. The van der Waals surface area contributed by atoms with E-state index in [1.807, 2.05) is 0 Å². The van der Waals surface area contributed by atoms with Crippen molar-refractivity contribution in [2.75, 3.05) is 0 Å². The van der Waals surface area contributed by atoms with Crippen LogP contribution in [0.5, 0.6) is 0 Å². The Kier molecular flexibility index (Phi) is 4.65. The molecule has 0 aliphatic heterocycles.